The van der Waals surface area contributed by atoms with Gasteiger partial charge in [-0.25, -0.2) is 0 Å². The molecule has 0 amide bonds. The lowest BCUT2D eigenvalue weighted by Gasteiger charge is -2.05. The Morgan fingerprint density at radius 1 is 1.40 bits per heavy atom. The molecule has 1 unspecified atom stereocenters. The van der Waals surface area contributed by atoms with Gasteiger partial charge in [0.05, 0.1) is 0 Å². The molecule has 0 saturated heterocycles. The molecule has 86 valence electrons. The van der Waals surface area contributed by atoms with E-state index in [1.54, 1.807) is 18.4 Å². The van der Waals surface area contributed by atoms with Crippen LogP contribution in [0.1, 0.15) is 23.4 Å². The molecule has 15 heavy (non-hydrogen) atoms. The summed E-state index contributed by atoms with van der Waals surface area (Å²) in [5, 5.41) is 10.5. The van der Waals surface area contributed by atoms with Crippen LogP contribution in [0.4, 0.5) is 0 Å². The molecule has 1 aromatic rings. The second-order valence-electron chi connectivity index (χ2n) is 3.75. The van der Waals surface area contributed by atoms with Gasteiger partial charge in [-0.15, -0.1) is 21.5 Å². The Balaban J connectivity index is 2.38. The van der Waals surface area contributed by atoms with E-state index in [2.05, 4.69) is 17.1 Å². The molecule has 0 aliphatic carbocycles. The van der Waals surface area contributed by atoms with Gasteiger partial charge >= 0.3 is 0 Å². The summed E-state index contributed by atoms with van der Waals surface area (Å²) in [5.74, 6) is 0.505. The van der Waals surface area contributed by atoms with Gasteiger partial charge in [0.2, 0.25) is 0 Å². The number of nitrogens with two attached hydrogens (primary N) is 1. The monoisotopic (exact) mass is 229 g/mol. The zero-order valence-electron chi connectivity index (χ0n) is 9.40. The van der Waals surface area contributed by atoms with Crippen LogP contribution < -0.4 is 5.73 Å². The molecule has 1 aromatic heterocycles. The molecule has 0 radical (unpaired) electrons. The highest BCUT2D eigenvalue weighted by Crippen LogP contribution is 2.15. The van der Waals surface area contributed by atoms with Gasteiger partial charge in [-0.05, 0) is 18.9 Å². The zero-order valence-corrected chi connectivity index (χ0v) is 10.2. The largest absolute Gasteiger partial charge is 0.384 e. The van der Waals surface area contributed by atoms with Crippen LogP contribution in [0.25, 0.3) is 0 Å². The number of hydrogen-bond acceptors (Lipinski definition) is 5. The molecule has 0 aliphatic heterocycles. The van der Waals surface area contributed by atoms with Gasteiger partial charge < -0.3 is 10.5 Å². The quantitative estimate of drug-likeness (QED) is 0.764. The van der Waals surface area contributed by atoms with Crippen molar-refractivity contribution in [2.24, 2.45) is 11.7 Å². The van der Waals surface area contributed by atoms with Crippen LogP contribution in [0.5, 0.6) is 0 Å². The molecular weight excluding hydrogens is 210 g/mol. The topological polar surface area (TPSA) is 61.0 Å². The fraction of sp³-hybridized carbons (Fsp3) is 0.800. The van der Waals surface area contributed by atoms with Crippen molar-refractivity contribution in [3.63, 3.8) is 0 Å². The molecule has 0 aromatic carbocycles. The molecule has 4 nitrogen and oxygen atoms in total. The van der Waals surface area contributed by atoms with Crippen molar-refractivity contribution >= 4 is 11.3 Å². The van der Waals surface area contributed by atoms with Gasteiger partial charge in [0.15, 0.2) is 0 Å². The van der Waals surface area contributed by atoms with Gasteiger partial charge in [0, 0.05) is 26.6 Å². The summed E-state index contributed by atoms with van der Waals surface area (Å²) in [4.78, 5) is 0. The number of hydrogen-bond donors (Lipinski definition) is 1. The smallest absolute Gasteiger partial charge is 0.117 e. The first kappa shape index (κ1) is 12.5. The standard InChI is InChI=1S/C10H19N3OS/c1-8(7-14-2)6-10-13-12-9(15-10)4-3-5-11/h8H,3-7,11H2,1-2H3. The first-order valence-electron chi connectivity index (χ1n) is 5.26. The zero-order chi connectivity index (χ0) is 11.1. The highest BCUT2D eigenvalue weighted by molar-refractivity contribution is 7.11. The van der Waals surface area contributed by atoms with Gasteiger partial charge in [-0.1, -0.05) is 6.92 Å². The van der Waals surface area contributed by atoms with Crippen LogP contribution >= 0.6 is 11.3 Å². The fourth-order valence-electron chi connectivity index (χ4n) is 1.37. The normalized spacial score (nSPS) is 13.0. The van der Waals surface area contributed by atoms with Crippen molar-refractivity contribution in [2.75, 3.05) is 20.3 Å². The number of aryl methyl sites for hydroxylation is 1. The third kappa shape index (κ3) is 4.68. The number of methoxy groups -OCH3 is 1. The number of nitrogens with zero attached hydrogens (tertiary/aromatic N) is 2. The first-order valence-corrected chi connectivity index (χ1v) is 6.08. The Morgan fingerprint density at radius 3 is 2.80 bits per heavy atom. The number of aromatic nitrogens is 2. The second-order valence-corrected chi connectivity index (χ2v) is 4.89. The molecule has 2 N–H and O–H groups in total. The predicted octanol–water partition coefficient (Wildman–Crippen LogP) is 1.25. The molecule has 5 heteroatoms. The Kier molecular flexibility index (Phi) is 5.75. The van der Waals surface area contributed by atoms with Crippen molar-refractivity contribution in [3.8, 4) is 0 Å². The van der Waals surface area contributed by atoms with Gasteiger partial charge in [0.25, 0.3) is 0 Å². The summed E-state index contributed by atoms with van der Waals surface area (Å²) in [6, 6.07) is 0. The van der Waals surface area contributed by atoms with E-state index >= 15 is 0 Å². The van der Waals surface area contributed by atoms with Crippen molar-refractivity contribution in [2.45, 2.75) is 26.2 Å². The predicted molar refractivity (Wildman–Crippen MR) is 62.0 cm³/mol. The summed E-state index contributed by atoms with van der Waals surface area (Å²) in [6.07, 6.45) is 2.89. The first-order chi connectivity index (χ1) is 7.26. The van der Waals surface area contributed by atoms with E-state index < -0.39 is 0 Å². The Bertz CT molecular complexity index is 277. The fourth-order valence-corrected chi connectivity index (χ4v) is 2.42. The summed E-state index contributed by atoms with van der Waals surface area (Å²) >= 11 is 1.69. The minimum absolute atomic E-state index is 0.505. The van der Waals surface area contributed by atoms with Crippen LogP contribution in [-0.4, -0.2) is 30.5 Å². The SMILES string of the molecule is COCC(C)Cc1nnc(CCCN)s1. The molecule has 1 heterocycles. The van der Waals surface area contributed by atoms with Crippen molar-refractivity contribution in [1.82, 2.24) is 10.2 Å². The molecule has 0 saturated carbocycles. The Morgan fingerprint density at radius 2 is 2.13 bits per heavy atom. The maximum atomic E-state index is 5.44. The van der Waals surface area contributed by atoms with Crippen LogP contribution in [0.2, 0.25) is 0 Å². The highest BCUT2D eigenvalue weighted by atomic mass is 32.1. The van der Waals surface area contributed by atoms with Crippen molar-refractivity contribution in [3.05, 3.63) is 10.0 Å². The molecule has 0 fully saturated rings. The molecule has 0 bridgehead atoms. The van der Waals surface area contributed by atoms with E-state index in [4.69, 9.17) is 10.5 Å². The van der Waals surface area contributed by atoms with Crippen LogP contribution in [0.3, 0.4) is 0 Å². The number of ether oxygens (including phenoxy) is 1. The van der Waals surface area contributed by atoms with Crippen molar-refractivity contribution in [1.29, 1.82) is 0 Å². The van der Waals surface area contributed by atoms with E-state index in [1.807, 2.05) is 0 Å². The van der Waals surface area contributed by atoms with Gasteiger partial charge in [-0.3, -0.25) is 0 Å². The third-order valence-electron chi connectivity index (χ3n) is 2.08. The third-order valence-corrected chi connectivity index (χ3v) is 3.08. The van der Waals surface area contributed by atoms with E-state index in [1.165, 1.54) is 0 Å². The summed E-state index contributed by atoms with van der Waals surface area (Å²) in [6.45, 7) is 3.65. The maximum Gasteiger partial charge on any atom is 0.117 e. The molecule has 1 rings (SSSR count). The van der Waals surface area contributed by atoms with E-state index in [-0.39, 0.29) is 0 Å². The second kappa shape index (κ2) is 6.87. The minimum Gasteiger partial charge on any atom is -0.384 e. The van der Waals surface area contributed by atoms with Gasteiger partial charge in [0.1, 0.15) is 10.0 Å². The number of rotatable bonds is 7. The molecule has 0 aliphatic rings. The molecule has 1 atom stereocenters. The van der Waals surface area contributed by atoms with E-state index in [0.717, 1.165) is 42.4 Å². The molecular formula is C10H19N3OS. The lowest BCUT2D eigenvalue weighted by molar-refractivity contribution is 0.159. The lowest BCUT2D eigenvalue weighted by Crippen LogP contribution is -2.06. The van der Waals surface area contributed by atoms with Gasteiger partial charge in [-0.2, -0.15) is 0 Å². The molecule has 0 spiro atoms. The summed E-state index contributed by atoms with van der Waals surface area (Å²) in [5.41, 5.74) is 5.44. The summed E-state index contributed by atoms with van der Waals surface area (Å²) < 4.78 is 5.09. The average Bonchev–Trinajstić information content (AvgIpc) is 2.63. The highest BCUT2D eigenvalue weighted by Gasteiger charge is 2.08. The van der Waals surface area contributed by atoms with Crippen LogP contribution in [0.15, 0.2) is 0 Å². The van der Waals surface area contributed by atoms with Crippen molar-refractivity contribution < 1.29 is 4.74 Å². The van der Waals surface area contributed by atoms with Crippen LogP contribution in [-0.2, 0) is 17.6 Å². The Labute approximate surface area is 94.9 Å². The lowest BCUT2D eigenvalue weighted by atomic mass is 10.1. The average molecular weight is 229 g/mol. The van der Waals surface area contributed by atoms with E-state index in [0.29, 0.717) is 5.92 Å². The maximum absolute atomic E-state index is 5.44. The minimum atomic E-state index is 0.505. The Hall–Kier alpha value is -0.520. The van der Waals surface area contributed by atoms with Crippen LogP contribution in [0, 0.1) is 5.92 Å². The summed E-state index contributed by atoms with van der Waals surface area (Å²) in [7, 11) is 1.73. The van der Waals surface area contributed by atoms with E-state index in [9.17, 15) is 0 Å².